The summed E-state index contributed by atoms with van der Waals surface area (Å²) in [7, 11) is 0. The van der Waals surface area contributed by atoms with Gasteiger partial charge in [-0.25, -0.2) is 8.78 Å². The molecule has 0 saturated carbocycles. The summed E-state index contributed by atoms with van der Waals surface area (Å²) < 4.78 is 31.8. The van der Waals surface area contributed by atoms with Gasteiger partial charge in [0.15, 0.2) is 11.8 Å². The molecule has 0 aromatic heterocycles. The molecule has 166 valence electrons. The molecule has 6 nitrogen and oxygen atoms in total. The Balaban J connectivity index is 1.47. The van der Waals surface area contributed by atoms with E-state index in [0.717, 1.165) is 11.8 Å². The second-order valence-corrected chi connectivity index (χ2v) is 7.95. The molecule has 1 heterocycles. The van der Waals surface area contributed by atoms with Gasteiger partial charge in [-0.15, -0.1) is 0 Å². The molecule has 0 spiro atoms. The monoisotopic (exact) mass is 465 g/mol. The topological polar surface area (TPSA) is 82.5 Å². The predicted octanol–water partition coefficient (Wildman–Crippen LogP) is 5.04. The van der Waals surface area contributed by atoms with Gasteiger partial charge in [-0.05, 0) is 72.4 Å². The van der Waals surface area contributed by atoms with Crippen LogP contribution in [0.1, 0.15) is 5.56 Å². The fourth-order valence-corrected chi connectivity index (χ4v) is 3.91. The first-order valence-electron chi connectivity index (χ1n) is 9.76. The Morgan fingerprint density at radius 1 is 1.00 bits per heavy atom. The molecule has 4 rings (SSSR count). The Labute approximate surface area is 192 Å². The number of rotatable bonds is 6. The van der Waals surface area contributed by atoms with E-state index in [-0.39, 0.29) is 16.7 Å². The van der Waals surface area contributed by atoms with Crippen molar-refractivity contribution in [2.75, 3.05) is 16.8 Å². The van der Waals surface area contributed by atoms with E-state index in [9.17, 15) is 18.4 Å². The van der Waals surface area contributed by atoms with Crippen molar-refractivity contribution in [3.05, 3.63) is 94.9 Å². The standard InChI is InChI=1S/C24H17F2N3O3S/c25-16-5-9-18(10-6-16)28-22(30)14-32-20-4-2-1-3-15(20)13-21-23(31)29(24(27)33-21)19-11-7-17(26)8-12-19/h1-13,27H,14H2,(H,28,30)/b21-13-,27-24?. The maximum atomic E-state index is 13.2. The first-order chi connectivity index (χ1) is 15.9. The molecular formula is C24H17F2N3O3S. The van der Waals surface area contributed by atoms with Crippen molar-refractivity contribution in [2.45, 2.75) is 0 Å². The van der Waals surface area contributed by atoms with Crippen LogP contribution in [0.25, 0.3) is 6.08 Å². The molecule has 2 N–H and O–H groups in total. The number of amides is 2. The van der Waals surface area contributed by atoms with Crippen LogP contribution in [0.3, 0.4) is 0 Å². The third kappa shape index (κ3) is 5.27. The van der Waals surface area contributed by atoms with Crippen molar-refractivity contribution >= 4 is 46.2 Å². The normalized spacial score (nSPS) is 14.6. The van der Waals surface area contributed by atoms with Gasteiger partial charge < -0.3 is 10.1 Å². The number of hydrogen-bond acceptors (Lipinski definition) is 5. The van der Waals surface area contributed by atoms with Crippen LogP contribution >= 0.6 is 11.8 Å². The highest BCUT2D eigenvalue weighted by atomic mass is 32.2. The van der Waals surface area contributed by atoms with Gasteiger partial charge in [0, 0.05) is 11.3 Å². The van der Waals surface area contributed by atoms with Crippen LogP contribution in [0.15, 0.2) is 77.7 Å². The summed E-state index contributed by atoms with van der Waals surface area (Å²) in [4.78, 5) is 26.5. The molecule has 0 atom stereocenters. The van der Waals surface area contributed by atoms with Gasteiger partial charge in [-0.1, -0.05) is 18.2 Å². The van der Waals surface area contributed by atoms with E-state index in [4.69, 9.17) is 10.1 Å². The fourth-order valence-electron chi connectivity index (χ4n) is 3.06. The summed E-state index contributed by atoms with van der Waals surface area (Å²) in [6, 6.07) is 17.5. The third-order valence-corrected chi connectivity index (χ3v) is 5.49. The number of anilines is 2. The highest BCUT2D eigenvalue weighted by molar-refractivity contribution is 8.19. The van der Waals surface area contributed by atoms with E-state index >= 15 is 0 Å². The van der Waals surface area contributed by atoms with Crippen LogP contribution in [0.4, 0.5) is 20.2 Å². The first-order valence-corrected chi connectivity index (χ1v) is 10.6. The number of carbonyl (C=O) groups is 2. The Morgan fingerprint density at radius 3 is 2.33 bits per heavy atom. The quantitative estimate of drug-likeness (QED) is 0.500. The molecule has 1 fully saturated rings. The van der Waals surface area contributed by atoms with E-state index in [1.165, 1.54) is 53.4 Å². The molecule has 1 aliphatic heterocycles. The minimum atomic E-state index is -0.435. The molecule has 2 amide bonds. The van der Waals surface area contributed by atoms with E-state index in [1.807, 2.05) is 0 Å². The van der Waals surface area contributed by atoms with Crippen LogP contribution in [-0.2, 0) is 9.59 Å². The van der Waals surface area contributed by atoms with Crippen LogP contribution < -0.4 is 15.0 Å². The molecule has 3 aromatic rings. The van der Waals surface area contributed by atoms with Gasteiger partial charge in [0.25, 0.3) is 11.8 Å². The first kappa shape index (κ1) is 22.2. The van der Waals surface area contributed by atoms with Gasteiger partial charge in [-0.2, -0.15) is 0 Å². The second-order valence-electron chi connectivity index (χ2n) is 6.91. The van der Waals surface area contributed by atoms with E-state index in [1.54, 1.807) is 30.3 Å². The number of thioether (sulfide) groups is 1. The Bertz CT molecular complexity index is 1240. The zero-order valence-electron chi connectivity index (χ0n) is 17.0. The van der Waals surface area contributed by atoms with Crippen LogP contribution in [-0.4, -0.2) is 23.6 Å². The zero-order valence-corrected chi connectivity index (χ0v) is 17.9. The number of carbonyl (C=O) groups excluding carboxylic acids is 2. The average Bonchev–Trinajstić information content (AvgIpc) is 3.08. The van der Waals surface area contributed by atoms with E-state index in [0.29, 0.717) is 22.7 Å². The summed E-state index contributed by atoms with van der Waals surface area (Å²) in [5.41, 5.74) is 1.38. The van der Waals surface area contributed by atoms with E-state index in [2.05, 4.69) is 5.32 Å². The fraction of sp³-hybridized carbons (Fsp3) is 0.0417. The van der Waals surface area contributed by atoms with Gasteiger partial charge in [0.1, 0.15) is 17.4 Å². The van der Waals surface area contributed by atoms with Crippen molar-refractivity contribution in [1.29, 1.82) is 5.41 Å². The van der Waals surface area contributed by atoms with Crippen LogP contribution in [0.2, 0.25) is 0 Å². The number of nitrogens with one attached hydrogen (secondary N) is 2. The van der Waals surface area contributed by atoms with Gasteiger partial charge in [-0.3, -0.25) is 19.9 Å². The molecule has 33 heavy (non-hydrogen) atoms. The summed E-state index contributed by atoms with van der Waals surface area (Å²) in [6.45, 7) is -0.295. The number of para-hydroxylation sites is 1. The number of benzene rings is 3. The maximum absolute atomic E-state index is 13.2. The van der Waals surface area contributed by atoms with Gasteiger partial charge in [0.2, 0.25) is 0 Å². The van der Waals surface area contributed by atoms with Crippen molar-refractivity contribution < 1.29 is 23.1 Å². The lowest BCUT2D eigenvalue weighted by molar-refractivity contribution is -0.118. The van der Waals surface area contributed by atoms with Gasteiger partial charge in [0.05, 0.1) is 10.6 Å². The highest BCUT2D eigenvalue weighted by Crippen LogP contribution is 2.36. The molecule has 0 bridgehead atoms. The zero-order chi connectivity index (χ0) is 23.4. The summed E-state index contributed by atoms with van der Waals surface area (Å²) in [5.74, 6) is -1.31. The van der Waals surface area contributed by atoms with Crippen molar-refractivity contribution in [1.82, 2.24) is 0 Å². The lowest BCUT2D eigenvalue weighted by Gasteiger charge is -2.14. The maximum Gasteiger partial charge on any atom is 0.271 e. The molecule has 1 aliphatic rings. The molecule has 0 radical (unpaired) electrons. The Kier molecular flexibility index (Phi) is 6.50. The van der Waals surface area contributed by atoms with Gasteiger partial charge >= 0.3 is 0 Å². The smallest absolute Gasteiger partial charge is 0.271 e. The largest absolute Gasteiger partial charge is 0.483 e. The predicted molar refractivity (Wildman–Crippen MR) is 124 cm³/mol. The molecule has 1 saturated heterocycles. The molecule has 0 unspecified atom stereocenters. The number of nitrogens with zero attached hydrogens (tertiary/aromatic N) is 1. The summed E-state index contributed by atoms with van der Waals surface area (Å²) in [6.07, 6.45) is 1.58. The molecular weight excluding hydrogens is 448 g/mol. The lowest BCUT2D eigenvalue weighted by Crippen LogP contribution is -2.28. The molecule has 0 aliphatic carbocycles. The Hall–Kier alpha value is -3.98. The summed E-state index contributed by atoms with van der Waals surface area (Å²) in [5, 5.41) is 10.8. The number of hydrogen-bond donors (Lipinski definition) is 2. The SMILES string of the molecule is N=C1S/C(=C\c2ccccc2OCC(=O)Nc2ccc(F)cc2)C(=O)N1c1ccc(F)cc1. The Morgan fingerprint density at radius 2 is 1.64 bits per heavy atom. The van der Waals surface area contributed by atoms with Crippen LogP contribution in [0, 0.1) is 17.0 Å². The van der Waals surface area contributed by atoms with Crippen molar-refractivity contribution in [3.63, 3.8) is 0 Å². The number of halogens is 2. The van der Waals surface area contributed by atoms with Crippen molar-refractivity contribution in [2.24, 2.45) is 0 Å². The molecule has 3 aromatic carbocycles. The molecule has 9 heteroatoms. The van der Waals surface area contributed by atoms with Crippen molar-refractivity contribution in [3.8, 4) is 5.75 Å². The average molecular weight is 465 g/mol. The second kappa shape index (κ2) is 9.66. The van der Waals surface area contributed by atoms with E-state index < -0.39 is 23.4 Å². The minimum Gasteiger partial charge on any atom is -0.483 e. The minimum absolute atomic E-state index is 0.00469. The number of ether oxygens (including phenoxy) is 1. The summed E-state index contributed by atoms with van der Waals surface area (Å²) >= 11 is 0.973. The van der Waals surface area contributed by atoms with Crippen LogP contribution in [0.5, 0.6) is 5.75 Å². The highest BCUT2D eigenvalue weighted by Gasteiger charge is 2.33. The number of amidine groups is 1. The lowest BCUT2D eigenvalue weighted by atomic mass is 10.2. The third-order valence-electron chi connectivity index (χ3n) is 4.60.